The minimum Gasteiger partial charge on any atom is -0.366 e. The highest BCUT2D eigenvalue weighted by Gasteiger charge is 2.16. The fourth-order valence-corrected chi connectivity index (χ4v) is 2.51. The number of primary amides is 1. The molecule has 0 unspecified atom stereocenters. The average Bonchev–Trinajstić information content (AvgIpc) is 2.86. The van der Waals surface area contributed by atoms with Crippen LogP contribution in [0, 0.1) is 0 Å². The molecule has 0 spiro atoms. The SMILES string of the molecule is CCc1nnsc1C(=O)Nc1ccc(C(N)=O)c(Cl)c1. The normalized spacial score (nSPS) is 10.3. The second-order valence-corrected chi connectivity index (χ2v) is 5.08. The Labute approximate surface area is 124 Å². The van der Waals surface area contributed by atoms with Gasteiger partial charge in [-0.25, -0.2) is 0 Å². The lowest BCUT2D eigenvalue weighted by molar-refractivity contribution is 0.0998. The molecule has 0 atom stereocenters. The Hall–Kier alpha value is -1.99. The first-order valence-electron chi connectivity index (χ1n) is 5.74. The van der Waals surface area contributed by atoms with Crippen LogP contribution in [0.5, 0.6) is 0 Å². The molecule has 0 saturated carbocycles. The van der Waals surface area contributed by atoms with Crippen molar-refractivity contribution in [2.75, 3.05) is 5.32 Å². The van der Waals surface area contributed by atoms with Gasteiger partial charge in [-0.3, -0.25) is 9.59 Å². The van der Waals surface area contributed by atoms with E-state index in [2.05, 4.69) is 14.9 Å². The summed E-state index contributed by atoms with van der Waals surface area (Å²) >= 11 is 6.95. The summed E-state index contributed by atoms with van der Waals surface area (Å²) in [7, 11) is 0. The highest BCUT2D eigenvalue weighted by molar-refractivity contribution is 7.08. The number of amides is 2. The Balaban J connectivity index is 2.20. The number of carbonyl (C=O) groups is 2. The number of nitrogens with zero attached hydrogens (tertiary/aromatic N) is 2. The Morgan fingerprint density at radius 1 is 1.45 bits per heavy atom. The van der Waals surface area contributed by atoms with Crippen molar-refractivity contribution in [3.05, 3.63) is 39.4 Å². The van der Waals surface area contributed by atoms with Gasteiger partial charge in [0, 0.05) is 5.69 Å². The number of carbonyl (C=O) groups excluding carboxylic acids is 2. The van der Waals surface area contributed by atoms with Crippen molar-refractivity contribution in [2.45, 2.75) is 13.3 Å². The number of nitrogens with one attached hydrogen (secondary N) is 1. The third kappa shape index (κ3) is 2.94. The Kier molecular flexibility index (Phi) is 4.31. The molecule has 0 saturated heterocycles. The molecular formula is C12H11ClN4O2S. The van der Waals surface area contributed by atoms with Crippen molar-refractivity contribution in [2.24, 2.45) is 5.73 Å². The molecule has 104 valence electrons. The zero-order valence-corrected chi connectivity index (χ0v) is 12.1. The second kappa shape index (κ2) is 5.98. The van der Waals surface area contributed by atoms with Crippen molar-refractivity contribution in [1.29, 1.82) is 0 Å². The van der Waals surface area contributed by atoms with Crippen molar-refractivity contribution >= 4 is 40.6 Å². The summed E-state index contributed by atoms with van der Waals surface area (Å²) in [6, 6.07) is 4.50. The van der Waals surface area contributed by atoms with Crippen molar-refractivity contribution in [3.8, 4) is 0 Å². The maximum absolute atomic E-state index is 12.1. The van der Waals surface area contributed by atoms with E-state index in [1.165, 1.54) is 12.1 Å². The van der Waals surface area contributed by atoms with Crippen LogP contribution in [0.15, 0.2) is 18.2 Å². The maximum Gasteiger partial charge on any atom is 0.269 e. The van der Waals surface area contributed by atoms with E-state index in [9.17, 15) is 9.59 Å². The molecule has 0 aliphatic rings. The largest absolute Gasteiger partial charge is 0.366 e. The quantitative estimate of drug-likeness (QED) is 0.903. The lowest BCUT2D eigenvalue weighted by atomic mass is 10.2. The van der Waals surface area contributed by atoms with Crippen molar-refractivity contribution in [1.82, 2.24) is 9.59 Å². The molecule has 2 aromatic rings. The fourth-order valence-electron chi connectivity index (χ4n) is 1.59. The molecule has 1 aromatic carbocycles. The first-order valence-corrected chi connectivity index (χ1v) is 6.90. The van der Waals surface area contributed by atoms with Gasteiger partial charge in [0.2, 0.25) is 5.91 Å². The molecule has 2 rings (SSSR count). The lowest BCUT2D eigenvalue weighted by Crippen LogP contribution is -2.14. The molecule has 0 bridgehead atoms. The van der Waals surface area contributed by atoms with E-state index < -0.39 is 5.91 Å². The van der Waals surface area contributed by atoms with Crippen molar-refractivity contribution < 1.29 is 9.59 Å². The molecule has 0 aliphatic carbocycles. The van der Waals surface area contributed by atoms with Gasteiger partial charge in [-0.2, -0.15) is 0 Å². The average molecular weight is 311 g/mol. The maximum atomic E-state index is 12.1. The van der Waals surface area contributed by atoms with E-state index >= 15 is 0 Å². The van der Waals surface area contributed by atoms with E-state index in [4.69, 9.17) is 17.3 Å². The molecule has 8 heteroatoms. The molecule has 0 fully saturated rings. The van der Waals surface area contributed by atoms with Gasteiger partial charge in [-0.05, 0) is 36.2 Å². The highest BCUT2D eigenvalue weighted by atomic mass is 35.5. The summed E-state index contributed by atoms with van der Waals surface area (Å²) in [6.07, 6.45) is 0.626. The summed E-state index contributed by atoms with van der Waals surface area (Å²) in [5, 5.41) is 6.74. The van der Waals surface area contributed by atoms with E-state index in [-0.39, 0.29) is 16.5 Å². The number of aryl methyl sites for hydroxylation is 1. The zero-order chi connectivity index (χ0) is 14.7. The molecule has 1 heterocycles. The number of hydrogen-bond donors (Lipinski definition) is 2. The first kappa shape index (κ1) is 14.4. The number of rotatable bonds is 4. The number of aromatic nitrogens is 2. The minimum atomic E-state index is -0.618. The van der Waals surface area contributed by atoms with Gasteiger partial charge < -0.3 is 11.1 Å². The van der Waals surface area contributed by atoms with Gasteiger partial charge in [0.25, 0.3) is 5.91 Å². The van der Waals surface area contributed by atoms with E-state index in [0.717, 1.165) is 11.5 Å². The molecular weight excluding hydrogens is 300 g/mol. The van der Waals surface area contributed by atoms with Crippen LogP contribution in [-0.2, 0) is 6.42 Å². The van der Waals surface area contributed by atoms with Gasteiger partial charge in [0.1, 0.15) is 4.88 Å². The van der Waals surface area contributed by atoms with Crippen LogP contribution in [0.25, 0.3) is 0 Å². The molecule has 6 nitrogen and oxygen atoms in total. The van der Waals surface area contributed by atoms with Crippen LogP contribution in [-0.4, -0.2) is 21.4 Å². The summed E-state index contributed by atoms with van der Waals surface area (Å²) in [5.74, 6) is -0.924. The number of nitrogens with two attached hydrogens (primary N) is 1. The van der Waals surface area contributed by atoms with Crippen molar-refractivity contribution in [3.63, 3.8) is 0 Å². The fraction of sp³-hybridized carbons (Fsp3) is 0.167. The zero-order valence-electron chi connectivity index (χ0n) is 10.5. The van der Waals surface area contributed by atoms with Crippen LogP contribution in [0.3, 0.4) is 0 Å². The van der Waals surface area contributed by atoms with Crippen LogP contribution in [0.4, 0.5) is 5.69 Å². The molecule has 0 aliphatic heterocycles. The third-order valence-electron chi connectivity index (χ3n) is 2.59. The topological polar surface area (TPSA) is 98.0 Å². The summed E-state index contributed by atoms with van der Waals surface area (Å²) in [5.41, 5.74) is 6.48. The smallest absolute Gasteiger partial charge is 0.269 e. The monoisotopic (exact) mass is 310 g/mol. The van der Waals surface area contributed by atoms with E-state index in [0.29, 0.717) is 22.7 Å². The predicted molar refractivity (Wildman–Crippen MR) is 77.2 cm³/mol. The van der Waals surface area contributed by atoms with Crippen LogP contribution >= 0.6 is 23.1 Å². The molecule has 1 aromatic heterocycles. The number of benzene rings is 1. The van der Waals surface area contributed by atoms with Crippen LogP contribution < -0.4 is 11.1 Å². The number of hydrogen-bond acceptors (Lipinski definition) is 5. The summed E-state index contributed by atoms with van der Waals surface area (Å²) in [4.78, 5) is 23.6. The highest BCUT2D eigenvalue weighted by Crippen LogP contribution is 2.22. The Morgan fingerprint density at radius 3 is 2.80 bits per heavy atom. The molecule has 20 heavy (non-hydrogen) atoms. The van der Waals surface area contributed by atoms with E-state index in [1.54, 1.807) is 6.07 Å². The first-order chi connectivity index (χ1) is 9.52. The van der Waals surface area contributed by atoms with Gasteiger partial charge in [-0.15, -0.1) is 5.10 Å². The number of anilines is 1. The third-order valence-corrected chi connectivity index (χ3v) is 3.67. The Morgan fingerprint density at radius 2 is 2.20 bits per heavy atom. The van der Waals surface area contributed by atoms with Gasteiger partial charge in [0.15, 0.2) is 0 Å². The predicted octanol–water partition coefficient (Wildman–Crippen LogP) is 2.11. The lowest BCUT2D eigenvalue weighted by Gasteiger charge is -2.06. The molecule has 2 amide bonds. The minimum absolute atomic E-state index is 0.188. The Bertz CT molecular complexity index is 671. The second-order valence-electron chi connectivity index (χ2n) is 3.92. The number of halogens is 1. The van der Waals surface area contributed by atoms with Gasteiger partial charge in [0.05, 0.1) is 16.3 Å². The van der Waals surface area contributed by atoms with E-state index in [1.807, 2.05) is 6.92 Å². The standard InChI is InChI=1S/C12H11ClN4O2S/c1-2-9-10(20-17-16-9)12(19)15-6-3-4-7(11(14)18)8(13)5-6/h3-5H,2H2,1H3,(H2,14,18)(H,15,19). The molecule has 0 radical (unpaired) electrons. The summed E-state index contributed by atoms with van der Waals surface area (Å²) < 4.78 is 3.75. The molecule has 3 N–H and O–H groups in total. The summed E-state index contributed by atoms with van der Waals surface area (Å²) in [6.45, 7) is 1.89. The van der Waals surface area contributed by atoms with Gasteiger partial charge in [-0.1, -0.05) is 23.0 Å². The van der Waals surface area contributed by atoms with Gasteiger partial charge >= 0.3 is 0 Å². The van der Waals surface area contributed by atoms with Crippen LogP contribution in [0.1, 0.15) is 32.6 Å². The van der Waals surface area contributed by atoms with Crippen LogP contribution in [0.2, 0.25) is 5.02 Å².